The van der Waals surface area contributed by atoms with Gasteiger partial charge in [-0.3, -0.25) is 0 Å². The molecule has 0 atom stereocenters. The van der Waals surface area contributed by atoms with Crippen molar-refractivity contribution in [3.63, 3.8) is 0 Å². The van der Waals surface area contributed by atoms with Crippen LogP contribution in [0.15, 0.2) is 18.2 Å². The maximum absolute atomic E-state index is 12.8. The molecule has 0 aliphatic carbocycles. The first-order chi connectivity index (χ1) is 6.74. The first-order valence-corrected chi connectivity index (χ1v) is 4.39. The molecule has 0 amide bonds. The molecule has 0 saturated heterocycles. The Morgan fingerprint density at radius 3 is 2.93 bits per heavy atom. The fourth-order valence-electron chi connectivity index (χ4n) is 0.962. The molecule has 0 aromatic heterocycles. The number of aliphatic hydroxyl groups excluding tert-OH is 1. The Morgan fingerprint density at radius 2 is 2.21 bits per heavy atom. The number of hydrogen-bond donors (Lipinski definition) is 2. The van der Waals surface area contributed by atoms with E-state index in [4.69, 9.17) is 10.8 Å². The number of unbranched alkanes of at least 4 members (excludes halogenated alkanes) is 1. The van der Waals surface area contributed by atoms with Crippen LogP contribution < -0.4 is 5.73 Å². The molecule has 0 aliphatic rings. The summed E-state index contributed by atoms with van der Waals surface area (Å²) in [7, 11) is 0. The molecule has 0 fully saturated rings. The summed E-state index contributed by atoms with van der Waals surface area (Å²) in [6.45, 7) is 0.118. The second-order valence-electron chi connectivity index (χ2n) is 2.86. The van der Waals surface area contributed by atoms with E-state index in [0.717, 1.165) is 0 Å². The van der Waals surface area contributed by atoms with Crippen molar-refractivity contribution >= 4 is 5.69 Å². The highest BCUT2D eigenvalue weighted by Crippen LogP contribution is 2.11. The number of halogens is 1. The third kappa shape index (κ3) is 3.08. The van der Waals surface area contributed by atoms with Gasteiger partial charge in [0.2, 0.25) is 0 Å². The monoisotopic (exact) mass is 193 g/mol. The van der Waals surface area contributed by atoms with Gasteiger partial charge in [0.25, 0.3) is 0 Å². The smallest absolute Gasteiger partial charge is 0.124 e. The molecule has 3 heteroatoms. The van der Waals surface area contributed by atoms with Crippen molar-refractivity contribution in [3.05, 3.63) is 29.6 Å². The SMILES string of the molecule is Nc1ccc(F)cc1C#CCCCO. The molecule has 1 aromatic rings. The lowest BCUT2D eigenvalue weighted by Gasteiger charge is -1.96. The van der Waals surface area contributed by atoms with Crippen LogP contribution in [0, 0.1) is 17.7 Å². The van der Waals surface area contributed by atoms with Gasteiger partial charge in [0, 0.05) is 18.7 Å². The van der Waals surface area contributed by atoms with E-state index in [0.29, 0.717) is 24.1 Å². The van der Waals surface area contributed by atoms with Gasteiger partial charge in [-0.25, -0.2) is 4.39 Å². The molecule has 1 aromatic carbocycles. The number of nitrogens with two attached hydrogens (primary N) is 1. The van der Waals surface area contributed by atoms with Gasteiger partial charge in [-0.05, 0) is 24.6 Å². The summed E-state index contributed by atoms with van der Waals surface area (Å²) < 4.78 is 12.8. The fourth-order valence-corrected chi connectivity index (χ4v) is 0.962. The first kappa shape index (κ1) is 10.6. The van der Waals surface area contributed by atoms with Crippen molar-refractivity contribution in [2.45, 2.75) is 12.8 Å². The summed E-state index contributed by atoms with van der Waals surface area (Å²) >= 11 is 0. The van der Waals surface area contributed by atoms with E-state index in [2.05, 4.69) is 11.8 Å². The van der Waals surface area contributed by atoms with Gasteiger partial charge in [-0.15, -0.1) is 0 Å². The normalized spacial score (nSPS) is 9.29. The molecular weight excluding hydrogens is 181 g/mol. The van der Waals surface area contributed by atoms with Gasteiger partial charge in [-0.2, -0.15) is 0 Å². The Balaban J connectivity index is 2.73. The Hall–Kier alpha value is -1.53. The van der Waals surface area contributed by atoms with Gasteiger partial charge < -0.3 is 10.8 Å². The number of rotatable bonds is 2. The number of hydrogen-bond acceptors (Lipinski definition) is 2. The highest BCUT2D eigenvalue weighted by atomic mass is 19.1. The van der Waals surface area contributed by atoms with Crippen molar-refractivity contribution in [1.82, 2.24) is 0 Å². The molecule has 0 radical (unpaired) electrons. The molecule has 0 unspecified atom stereocenters. The van der Waals surface area contributed by atoms with Crippen LogP contribution in [0.4, 0.5) is 10.1 Å². The zero-order chi connectivity index (χ0) is 10.4. The molecule has 0 bridgehead atoms. The van der Waals surface area contributed by atoms with E-state index >= 15 is 0 Å². The number of benzene rings is 1. The zero-order valence-corrected chi connectivity index (χ0v) is 7.76. The maximum atomic E-state index is 12.8. The van der Waals surface area contributed by atoms with Crippen molar-refractivity contribution in [1.29, 1.82) is 0 Å². The first-order valence-electron chi connectivity index (χ1n) is 4.39. The number of anilines is 1. The summed E-state index contributed by atoms with van der Waals surface area (Å²) in [4.78, 5) is 0. The summed E-state index contributed by atoms with van der Waals surface area (Å²) in [5, 5.41) is 8.51. The minimum Gasteiger partial charge on any atom is -0.398 e. The second-order valence-corrected chi connectivity index (χ2v) is 2.86. The molecule has 2 nitrogen and oxygen atoms in total. The van der Waals surface area contributed by atoms with Crippen LogP contribution in [0.5, 0.6) is 0 Å². The molecule has 3 N–H and O–H groups in total. The fraction of sp³-hybridized carbons (Fsp3) is 0.273. The van der Waals surface area contributed by atoms with Gasteiger partial charge in [0.15, 0.2) is 0 Å². The van der Waals surface area contributed by atoms with Gasteiger partial charge in [0.1, 0.15) is 5.82 Å². The van der Waals surface area contributed by atoms with E-state index in [-0.39, 0.29) is 12.4 Å². The van der Waals surface area contributed by atoms with Crippen molar-refractivity contribution in [2.24, 2.45) is 0 Å². The lowest BCUT2D eigenvalue weighted by atomic mass is 10.1. The lowest BCUT2D eigenvalue weighted by molar-refractivity contribution is 0.290. The van der Waals surface area contributed by atoms with Crippen LogP contribution >= 0.6 is 0 Å². The van der Waals surface area contributed by atoms with Crippen LogP contribution in [0.25, 0.3) is 0 Å². The minimum atomic E-state index is -0.342. The Morgan fingerprint density at radius 1 is 1.43 bits per heavy atom. The molecule has 0 heterocycles. The topological polar surface area (TPSA) is 46.2 Å². The average molecular weight is 193 g/mol. The van der Waals surface area contributed by atoms with Crippen molar-refractivity contribution in [3.8, 4) is 11.8 Å². The lowest BCUT2D eigenvalue weighted by Crippen LogP contribution is -1.90. The van der Waals surface area contributed by atoms with Crippen LogP contribution in [0.3, 0.4) is 0 Å². The van der Waals surface area contributed by atoms with E-state index in [1.165, 1.54) is 18.2 Å². The van der Waals surface area contributed by atoms with Crippen LogP contribution in [-0.2, 0) is 0 Å². The summed E-state index contributed by atoms with van der Waals surface area (Å²) in [6, 6.07) is 4.10. The molecule has 0 aliphatic heterocycles. The van der Waals surface area contributed by atoms with E-state index in [1.807, 2.05) is 0 Å². The third-order valence-electron chi connectivity index (χ3n) is 1.70. The van der Waals surface area contributed by atoms with E-state index in [1.54, 1.807) is 0 Å². The molecular formula is C11H12FNO. The van der Waals surface area contributed by atoms with Crippen molar-refractivity contribution < 1.29 is 9.50 Å². The van der Waals surface area contributed by atoms with Crippen LogP contribution in [0.2, 0.25) is 0 Å². The summed E-state index contributed by atoms with van der Waals surface area (Å²) in [5.74, 6) is 5.23. The Bertz CT molecular complexity index is 365. The molecule has 0 spiro atoms. The third-order valence-corrected chi connectivity index (χ3v) is 1.70. The average Bonchev–Trinajstić information content (AvgIpc) is 2.18. The zero-order valence-electron chi connectivity index (χ0n) is 7.76. The molecule has 1 rings (SSSR count). The quantitative estimate of drug-likeness (QED) is 0.425. The minimum absolute atomic E-state index is 0.118. The number of aliphatic hydroxyl groups is 1. The largest absolute Gasteiger partial charge is 0.398 e. The van der Waals surface area contributed by atoms with E-state index < -0.39 is 0 Å². The summed E-state index contributed by atoms with van der Waals surface area (Å²) in [5.41, 5.74) is 6.56. The van der Waals surface area contributed by atoms with Gasteiger partial charge in [0.05, 0.1) is 5.56 Å². The molecule has 0 saturated carbocycles. The number of nitrogen functional groups attached to an aromatic ring is 1. The molecule has 14 heavy (non-hydrogen) atoms. The van der Waals surface area contributed by atoms with Gasteiger partial charge >= 0.3 is 0 Å². The van der Waals surface area contributed by atoms with E-state index in [9.17, 15) is 4.39 Å². The highest BCUT2D eigenvalue weighted by molar-refractivity contribution is 5.55. The molecule has 74 valence electrons. The highest BCUT2D eigenvalue weighted by Gasteiger charge is 1.96. The predicted octanol–water partition coefficient (Wildman–Crippen LogP) is 1.53. The van der Waals surface area contributed by atoms with Crippen LogP contribution in [0.1, 0.15) is 18.4 Å². The Kier molecular flexibility index (Phi) is 3.96. The van der Waals surface area contributed by atoms with Crippen LogP contribution in [-0.4, -0.2) is 11.7 Å². The Labute approximate surface area is 82.6 Å². The standard InChI is InChI=1S/C11H12FNO/c12-10-5-6-11(13)9(8-10)4-2-1-3-7-14/h5-6,8,14H,1,3,7,13H2. The second kappa shape index (κ2) is 5.25. The maximum Gasteiger partial charge on any atom is 0.124 e. The van der Waals surface area contributed by atoms with Gasteiger partial charge in [-0.1, -0.05) is 11.8 Å². The van der Waals surface area contributed by atoms with Crippen molar-refractivity contribution in [2.75, 3.05) is 12.3 Å². The summed E-state index contributed by atoms with van der Waals surface area (Å²) in [6.07, 6.45) is 1.22. The predicted molar refractivity (Wildman–Crippen MR) is 54.0 cm³/mol.